The first-order valence-electron chi connectivity index (χ1n) is 9.10. The lowest BCUT2D eigenvalue weighted by Crippen LogP contribution is -2.43. The molecule has 6 heteroatoms. The van der Waals surface area contributed by atoms with Crippen LogP contribution in [0.1, 0.15) is 31.7 Å². The van der Waals surface area contributed by atoms with Gasteiger partial charge in [-0.1, -0.05) is 19.9 Å². The van der Waals surface area contributed by atoms with Crippen LogP contribution in [0.2, 0.25) is 0 Å². The van der Waals surface area contributed by atoms with Gasteiger partial charge in [0.1, 0.15) is 0 Å². The molecule has 0 amide bonds. The number of pyridine rings is 1. The van der Waals surface area contributed by atoms with Crippen molar-refractivity contribution in [2.75, 3.05) is 54.0 Å². The summed E-state index contributed by atoms with van der Waals surface area (Å²) in [5, 5.41) is 6.83. The van der Waals surface area contributed by atoms with E-state index >= 15 is 0 Å². The second-order valence-corrected chi connectivity index (χ2v) is 6.67. The van der Waals surface area contributed by atoms with E-state index in [1.54, 1.807) is 7.11 Å². The molecule has 0 aromatic carbocycles. The third-order valence-corrected chi connectivity index (χ3v) is 4.30. The minimum absolute atomic E-state index is 0.406. The molecule has 0 spiro atoms. The first-order valence-corrected chi connectivity index (χ1v) is 9.10. The summed E-state index contributed by atoms with van der Waals surface area (Å²) in [4.78, 5) is 10.9. The number of aliphatic imine (C=N–C) groups is 1. The Morgan fingerprint density at radius 2 is 2.12 bits per heavy atom. The van der Waals surface area contributed by atoms with Crippen molar-refractivity contribution in [1.29, 1.82) is 0 Å². The Balaban J connectivity index is 2.37. The zero-order valence-corrected chi connectivity index (χ0v) is 16.5. The zero-order valence-electron chi connectivity index (χ0n) is 16.5. The van der Waals surface area contributed by atoms with Gasteiger partial charge in [-0.3, -0.25) is 9.98 Å². The van der Waals surface area contributed by atoms with Crippen LogP contribution in [0.25, 0.3) is 0 Å². The van der Waals surface area contributed by atoms with Crippen molar-refractivity contribution in [2.45, 2.75) is 26.2 Å². The molecule has 1 atom stereocenters. The van der Waals surface area contributed by atoms with Crippen molar-refractivity contribution in [3.8, 4) is 0 Å². The minimum atomic E-state index is 0.406. The Morgan fingerprint density at radius 3 is 2.72 bits per heavy atom. The SMILES string of the molecule is CN=C(NCCN(C)CCCOC)NCC(c1cccnc1)C(C)C. The molecule has 0 radical (unpaired) electrons. The predicted molar refractivity (Wildman–Crippen MR) is 105 cm³/mol. The number of hydrogen-bond donors (Lipinski definition) is 2. The van der Waals surface area contributed by atoms with Gasteiger partial charge in [-0.2, -0.15) is 0 Å². The molecule has 1 unspecified atom stereocenters. The van der Waals surface area contributed by atoms with Gasteiger partial charge in [-0.15, -0.1) is 0 Å². The van der Waals surface area contributed by atoms with Crippen LogP contribution >= 0.6 is 0 Å². The number of nitrogens with zero attached hydrogens (tertiary/aromatic N) is 3. The molecule has 1 aromatic heterocycles. The molecule has 6 nitrogen and oxygen atoms in total. The molecule has 1 rings (SSSR count). The van der Waals surface area contributed by atoms with Gasteiger partial charge in [0.05, 0.1) is 0 Å². The van der Waals surface area contributed by atoms with Gasteiger partial charge in [0.2, 0.25) is 0 Å². The third kappa shape index (κ3) is 8.84. The second-order valence-electron chi connectivity index (χ2n) is 6.67. The summed E-state index contributed by atoms with van der Waals surface area (Å²) < 4.78 is 5.09. The van der Waals surface area contributed by atoms with Crippen LogP contribution in [0.4, 0.5) is 0 Å². The quantitative estimate of drug-likeness (QED) is 0.363. The van der Waals surface area contributed by atoms with Crippen LogP contribution in [-0.2, 0) is 4.74 Å². The topological polar surface area (TPSA) is 61.8 Å². The first-order chi connectivity index (χ1) is 12.1. The van der Waals surface area contributed by atoms with Gasteiger partial charge < -0.3 is 20.3 Å². The number of nitrogens with one attached hydrogen (secondary N) is 2. The van der Waals surface area contributed by atoms with E-state index < -0.39 is 0 Å². The fourth-order valence-corrected chi connectivity index (χ4v) is 2.72. The minimum Gasteiger partial charge on any atom is -0.385 e. The Hall–Kier alpha value is -1.66. The Kier molecular flexibility index (Phi) is 10.8. The van der Waals surface area contributed by atoms with Crippen LogP contribution in [0.3, 0.4) is 0 Å². The second kappa shape index (κ2) is 12.7. The van der Waals surface area contributed by atoms with Gasteiger partial charge >= 0.3 is 0 Å². The maximum Gasteiger partial charge on any atom is 0.191 e. The summed E-state index contributed by atoms with van der Waals surface area (Å²) >= 11 is 0. The van der Waals surface area contributed by atoms with E-state index in [0.717, 1.165) is 45.2 Å². The Labute approximate surface area is 153 Å². The fraction of sp³-hybridized carbons (Fsp3) is 0.684. The smallest absolute Gasteiger partial charge is 0.191 e. The van der Waals surface area contributed by atoms with E-state index in [2.05, 4.69) is 52.5 Å². The molecule has 2 N–H and O–H groups in total. The highest BCUT2D eigenvalue weighted by Crippen LogP contribution is 2.22. The molecule has 0 saturated carbocycles. The summed E-state index contributed by atoms with van der Waals surface area (Å²) in [5.41, 5.74) is 1.26. The highest BCUT2D eigenvalue weighted by molar-refractivity contribution is 5.79. The molecule has 0 saturated heterocycles. The first kappa shape index (κ1) is 21.4. The molecule has 1 aromatic rings. The summed E-state index contributed by atoms with van der Waals surface area (Å²) in [6, 6.07) is 4.14. The van der Waals surface area contributed by atoms with Crippen LogP contribution < -0.4 is 10.6 Å². The van der Waals surface area contributed by atoms with Gasteiger partial charge in [0, 0.05) is 65.3 Å². The van der Waals surface area contributed by atoms with Crippen molar-refractivity contribution in [3.05, 3.63) is 30.1 Å². The van der Waals surface area contributed by atoms with E-state index in [4.69, 9.17) is 4.74 Å². The molecule has 25 heavy (non-hydrogen) atoms. The number of hydrogen-bond acceptors (Lipinski definition) is 4. The van der Waals surface area contributed by atoms with Gasteiger partial charge in [-0.25, -0.2) is 0 Å². The van der Waals surface area contributed by atoms with Crippen molar-refractivity contribution in [2.24, 2.45) is 10.9 Å². The Morgan fingerprint density at radius 1 is 1.32 bits per heavy atom. The monoisotopic (exact) mass is 349 g/mol. The van der Waals surface area contributed by atoms with E-state index in [-0.39, 0.29) is 0 Å². The molecule has 142 valence electrons. The van der Waals surface area contributed by atoms with Crippen LogP contribution in [0, 0.1) is 5.92 Å². The molecule has 0 fully saturated rings. The molecular formula is C19H35N5O. The molecular weight excluding hydrogens is 314 g/mol. The number of guanidine groups is 1. The number of rotatable bonds is 11. The molecule has 0 bridgehead atoms. The highest BCUT2D eigenvalue weighted by Gasteiger charge is 2.16. The average Bonchev–Trinajstić information content (AvgIpc) is 2.61. The Bertz CT molecular complexity index is 478. The van der Waals surface area contributed by atoms with Crippen LogP contribution in [0.15, 0.2) is 29.5 Å². The number of aromatic nitrogens is 1. The number of ether oxygens (including phenoxy) is 1. The summed E-state index contributed by atoms with van der Waals surface area (Å²) in [7, 11) is 5.68. The van der Waals surface area contributed by atoms with Crippen LogP contribution in [0.5, 0.6) is 0 Å². The average molecular weight is 350 g/mol. The maximum absolute atomic E-state index is 5.09. The van der Waals surface area contributed by atoms with E-state index in [1.807, 2.05) is 25.5 Å². The zero-order chi connectivity index (χ0) is 18.5. The lowest BCUT2D eigenvalue weighted by Gasteiger charge is -2.23. The normalized spacial score (nSPS) is 13.3. The standard InChI is InChI=1S/C19H35N5O/c1-16(2)18(17-8-6-9-21-14-17)15-23-19(20-3)22-10-12-24(4)11-7-13-25-5/h6,8-9,14,16,18H,7,10-13,15H2,1-5H3,(H2,20,22,23). The number of likely N-dealkylation sites (N-methyl/N-ethyl adjacent to an activating group) is 1. The molecule has 0 aliphatic carbocycles. The van der Waals surface area contributed by atoms with E-state index in [0.29, 0.717) is 11.8 Å². The molecule has 0 aliphatic rings. The molecule has 0 aliphatic heterocycles. The van der Waals surface area contributed by atoms with Gasteiger partial charge in [0.25, 0.3) is 0 Å². The van der Waals surface area contributed by atoms with Crippen LogP contribution in [-0.4, -0.2) is 69.8 Å². The molecule has 1 heterocycles. The van der Waals surface area contributed by atoms with Crippen molar-refractivity contribution in [3.63, 3.8) is 0 Å². The van der Waals surface area contributed by atoms with Crippen molar-refractivity contribution < 1.29 is 4.74 Å². The highest BCUT2D eigenvalue weighted by atomic mass is 16.5. The number of methoxy groups -OCH3 is 1. The third-order valence-electron chi connectivity index (χ3n) is 4.30. The summed E-state index contributed by atoms with van der Waals surface area (Å²) in [6.45, 7) is 9.01. The lowest BCUT2D eigenvalue weighted by molar-refractivity contribution is 0.180. The van der Waals surface area contributed by atoms with E-state index in [1.165, 1.54) is 5.56 Å². The van der Waals surface area contributed by atoms with Gasteiger partial charge in [0.15, 0.2) is 5.96 Å². The predicted octanol–water partition coefficient (Wildman–Crippen LogP) is 1.95. The maximum atomic E-state index is 5.09. The summed E-state index contributed by atoms with van der Waals surface area (Å²) in [6.07, 6.45) is 4.83. The summed E-state index contributed by atoms with van der Waals surface area (Å²) in [5.74, 6) is 1.78. The largest absolute Gasteiger partial charge is 0.385 e. The fourth-order valence-electron chi connectivity index (χ4n) is 2.72. The van der Waals surface area contributed by atoms with E-state index in [9.17, 15) is 0 Å². The van der Waals surface area contributed by atoms with Gasteiger partial charge in [-0.05, 0) is 31.0 Å². The van der Waals surface area contributed by atoms with Crippen molar-refractivity contribution in [1.82, 2.24) is 20.5 Å². The lowest BCUT2D eigenvalue weighted by atomic mass is 9.89. The van der Waals surface area contributed by atoms with Crippen molar-refractivity contribution >= 4 is 5.96 Å².